The van der Waals surface area contributed by atoms with Gasteiger partial charge >= 0.3 is 0 Å². The summed E-state index contributed by atoms with van der Waals surface area (Å²) in [5, 5.41) is 3.52. The van der Waals surface area contributed by atoms with E-state index in [0.29, 0.717) is 6.61 Å². The van der Waals surface area contributed by atoms with Gasteiger partial charge in [-0.1, -0.05) is 18.2 Å². The second kappa shape index (κ2) is 10.2. The Morgan fingerprint density at radius 2 is 1.74 bits per heavy atom. The van der Waals surface area contributed by atoms with Crippen LogP contribution < -0.4 is 14.8 Å². The molecule has 0 bridgehead atoms. The third kappa shape index (κ3) is 5.77. The predicted octanol–water partition coefficient (Wildman–Crippen LogP) is 6.16. The first-order chi connectivity index (χ1) is 14.8. The van der Waals surface area contributed by atoms with E-state index in [9.17, 15) is 0 Å². The quantitative estimate of drug-likeness (QED) is 0.415. The molecule has 0 atom stereocenters. The van der Waals surface area contributed by atoms with Crippen LogP contribution in [0.25, 0.3) is 0 Å². The lowest BCUT2D eigenvalue weighted by Crippen LogP contribution is -2.13. The van der Waals surface area contributed by atoms with Crippen LogP contribution in [0.2, 0.25) is 0 Å². The maximum atomic E-state index is 6.13. The highest BCUT2D eigenvalue weighted by atomic mass is 79.9. The van der Waals surface area contributed by atoms with Crippen molar-refractivity contribution in [2.75, 3.05) is 26.5 Å². The van der Waals surface area contributed by atoms with Crippen molar-refractivity contribution < 1.29 is 9.47 Å². The number of hydrogen-bond donors (Lipinski definition) is 1. The van der Waals surface area contributed by atoms with E-state index < -0.39 is 0 Å². The van der Waals surface area contributed by atoms with E-state index >= 15 is 0 Å². The van der Waals surface area contributed by atoms with Crippen LogP contribution in [0.1, 0.15) is 27.9 Å². The SMILES string of the molecule is COc1ccc(COc2ccc(C)c(Nc3nc(C)c(CN(C)C)cc3Br)c2C)cc1. The lowest BCUT2D eigenvalue weighted by Gasteiger charge is -2.19. The number of hydrogen-bond acceptors (Lipinski definition) is 5. The highest BCUT2D eigenvalue weighted by Crippen LogP contribution is 2.34. The lowest BCUT2D eigenvalue weighted by molar-refractivity contribution is 0.304. The largest absolute Gasteiger partial charge is 0.497 e. The molecule has 1 N–H and O–H groups in total. The molecule has 0 aliphatic carbocycles. The van der Waals surface area contributed by atoms with Gasteiger partial charge in [0.05, 0.1) is 11.6 Å². The first kappa shape index (κ1) is 23.1. The number of nitrogens with one attached hydrogen (secondary N) is 1. The average Bonchev–Trinajstić information content (AvgIpc) is 2.73. The van der Waals surface area contributed by atoms with E-state index in [1.807, 2.05) is 37.3 Å². The Labute approximate surface area is 193 Å². The van der Waals surface area contributed by atoms with Gasteiger partial charge < -0.3 is 19.7 Å². The molecule has 0 saturated heterocycles. The molecule has 3 rings (SSSR count). The van der Waals surface area contributed by atoms with Crippen LogP contribution in [0.15, 0.2) is 46.9 Å². The highest BCUT2D eigenvalue weighted by Gasteiger charge is 2.14. The van der Waals surface area contributed by atoms with E-state index in [1.165, 1.54) is 5.56 Å². The van der Waals surface area contributed by atoms with Crippen LogP contribution in [-0.4, -0.2) is 31.1 Å². The van der Waals surface area contributed by atoms with Crippen molar-refractivity contribution in [2.24, 2.45) is 0 Å². The monoisotopic (exact) mass is 483 g/mol. The molecule has 0 saturated carbocycles. The standard InChI is InChI=1S/C25H30BrN3O2/c1-16-7-12-23(31-15-19-8-10-21(30-6)11-9-19)17(2)24(16)28-25-22(26)13-20(14-29(4)5)18(3)27-25/h7-13H,14-15H2,1-6H3,(H,27,28). The molecule has 0 fully saturated rings. The molecule has 2 aromatic carbocycles. The molecule has 6 heteroatoms. The minimum atomic E-state index is 0.494. The van der Waals surface area contributed by atoms with Crippen LogP contribution in [0.4, 0.5) is 11.5 Å². The van der Waals surface area contributed by atoms with Gasteiger partial charge in [-0.2, -0.15) is 0 Å². The summed E-state index contributed by atoms with van der Waals surface area (Å²) in [6.07, 6.45) is 0. The van der Waals surface area contributed by atoms with E-state index in [0.717, 1.165) is 56.4 Å². The molecule has 3 aromatic rings. The summed E-state index contributed by atoms with van der Waals surface area (Å²) in [5.74, 6) is 2.49. The Kier molecular flexibility index (Phi) is 7.57. The fraction of sp³-hybridized carbons (Fsp3) is 0.320. The summed E-state index contributed by atoms with van der Waals surface area (Å²) in [5.41, 5.74) is 6.51. The van der Waals surface area contributed by atoms with Crippen molar-refractivity contribution in [1.82, 2.24) is 9.88 Å². The maximum Gasteiger partial charge on any atom is 0.145 e. The van der Waals surface area contributed by atoms with E-state index in [1.54, 1.807) is 7.11 Å². The van der Waals surface area contributed by atoms with Gasteiger partial charge in [0.1, 0.15) is 23.9 Å². The minimum Gasteiger partial charge on any atom is -0.497 e. The molecule has 0 aliphatic rings. The normalized spacial score (nSPS) is 11.0. The van der Waals surface area contributed by atoms with Crippen molar-refractivity contribution in [2.45, 2.75) is 33.9 Å². The number of halogens is 1. The third-order valence-corrected chi connectivity index (χ3v) is 5.78. The van der Waals surface area contributed by atoms with Gasteiger partial charge in [-0.05, 0) is 91.8 Å². The number of aromatic nitrogens is 1. The summed E-state index contributed by atoms with van der Waals surface area (Å²) in [7, 11) is 5.79. The van der Waals surface area contributed by atoms with Crippen LogP contribution in [0, 0.1) is 20.8 Å². The summed E-state index contributed by atoms with van der Waals surface area (Å²) in [6.45, 7) is 7.55. The van der Waals surface area contributed by atoms with Crippen molar-refractivity contribution in [3.8, 4) is 11.5 Å². The summed E-state index contributed by atoms with van der Waals surface area (Å²) in [6, 6.07) is 14.1. The van der Waals surface area contributed by atoms with E-state index in [2.05, 4.69) is 66.2 Å². The molecule has 1 aromatic heterocycles. The zero-order chi connectivity index (χ0) is 22.5. The Hall–Kier alpha value is -2.57. The number of benzene rings is 2. The predicted molar refractivity (Wildman–Crippen MR) is 131 cm³/mol. The molecule has 0 unspecified atom stereocenters. The van der Waals surface area contributed by atoms with E-state index in [-0.39, 0.29) is 0 Å². The van der Waals surface area contributed by atoms with Crippen LogP contribution in [0.5, 0.6) is 11.5 Å². The molecule has 31 heavy (non-hydrogen) atoms. The van der Waals surface area contributed by atoms with Crippen LogP contribution in [-0.2, 0) is 13.2 Å². The minimum absolute atomic E-state index is 0.494. The van der Waals surface area contributed by atoms with Gasteiger partial charge in [-0.3, -0.25) is 0 Å². The fourth-order valence-electron chi connectivity index (χ4n) is 3.39. The second-order valence-electron chi connectivity index (χ2n) is 7.94. The molecular formula is C25H30BrN3O2. The Morgan fingerprint density at radius 1 is 1.03 bits per heavy atom. The zero-order valence-corrected chi connectivity index (χ0v) is 20.6. The van der Waals surface area contributed by atoms with Gasteiger partial charge in [0.25, 0.3) is 0 Å². The Morgan fingerprint density at radius 3 is 2.39 bits per heavy atom. The number of nitrogens with zero attached hydrogens (tertiary/aromatic N) is 2. The molecular weight excluding hydrogens is 454 g/mol. The van der Waals surface area contributed by atoms with Crippen molar-refractivity contribution in [1.29, 1.82) is 0 Å². The van der Waals surface area contributed by atoms with E-state index in [4.69, 9.17) is 14.5 Å². The van der Waals surface area contributed by atoms with Crippen LogP contribution >= 0.6 is 15.9 Å². The number of ether oxygens (including phenoxy) is 2. The zero-order valence-electron chi connectivity index (χ0n) is 19.0. The number of pyridine rings is 1. The first-order valence-electron chi connectivity index (χ1n) is 10.2. The topological polar surface area (TPSA) is 46.6 Å². The van der Waals surface area contributed by atoms with Crippen molar-refractivity contribution >= 4 is 27.4 Å². The summed E-state index contributed by atoms with van der Waals surface area (Å²) in [4.78, 5) is 6.95. The van der Waals surface area contributed by atoms with Crippen molar-refractivity contribution in [3.63, 3.8) is 0 Å². The van der Waals surface area contributed by atoms with Gasteiger partial charge in [0.15, 0.2) is 0 Å². The molecule has 1 heterocycles. The van der Waals surface area contributed by atoms with Crippen LogP contribution in [0.3, 0.4) is 0 Å². The lowest BCUT2D eigenvalue weighted by atomic mass is 10.1. The number of anilines is 2. The molecule has 164 valence electrons. The second-order valence-corrected chi connectivity index (χ2v) is 8.80. The smallest absolute Gasteiger partial charge is 0.145 e. The molecule has 0 aliphatic heterocycles. The fourth-order valence-corrected chi connectivity index (χ4v) is 3.85. The highest BCUT2D eigenvalue weighted by molar-refractivity contribution is 9.10. The third-order valence-electron chi connectivity index (χ3n) is 5.18. The summed E-state index contributed by atoms with van der Waals surface area (Å²) >= 11 is 3.68. The van der Waals surface area contributed by atoms with Gasteiger partial charge in [0, 0.05) is 23.5 Å². The molecule has 0 radical (unpaired) electrons. The Bertz CT molecular complexity index is 1050. The Balaban J connectivity index is 1.81. The summed E-state index contributed by atoms with van der Waals surface area (Å²) < 4.78 is 12.3. The number of methoxy groups -OCH3 is 1. The van der Waals surface area contributed by atoms with Gasteiger partial charge in [-0.25, -0.2) is 4.98 Å². The van der Waals surface area contributed by atoms with Gasteiger partial charge in [-0.15, -0.1) is 0 Å². The molecule has 0 amide bonds. The molecule has 0 spiro atoms. The first-order valence-corrected chi connectivity index (χ1v) is 11.0. The van der Waals surface area contributed by atoms with Gasteiger partial charge in [0.2, 0.25) is 0 Å². The number of rotatable bonds is 8. The maximum absolute atomic E-state index is 6.13. The average molecular weight is 484 g/mol. The van der Waals surface area contributed by atoms with Crippen molar-refractivity contribution in [3.05, 3.63) is 74.9 Å². The number of aryl methyl sites for hydroxylation is 2. The molecule has 5 nitrogen and oxygen atoms in total.